The average molecular weight is 380 g/mol. The van der Waals surface area contributed by atoms with Crippen LogP contribution in [0.1, 0.15) is 11.1 Å². The van der Waals surface area contributed by atoms with E-state index in [9.17, 15) is 13.6 Å². The number of benzene rings is 2. The number of carbonyl (C=O) groups is 1. The normalized spacial score (nSPS) is 14.5. The molecule has 0 radical (unpaired) electrons. The minimum Gasteiger partial charge on any atom is -0.363 e. The predicted octanol–water partition coefficient (Wildman–Crippen LogP) is 4.59. The molecule has 0 saturated carbocycles. The first-order valence-corrected chi connectivity index (χ1v) is 8.76. The van der Waals surface area contributed by atoms with Crippen molar-refractivity contribution in [3.05, 3.63) is 58.1 Å². The number of nitrogens with zero attached hydrogens (tertiary/aromatic N) is 2. The molecule has 0 aromatic heterocycles. The lowest BCUT2D eigenvalue weighted by Gasteiger charge is -2.36. The van der Waals surface area contributed by atoms with Crippen LogP contribution >= 0.6 is 11.6 Å². The molecule has 2 aromatic rings. The zero-order chi connectivity index (χ0) is 18.8. The Morgan fingerprint density at radius 2 is 1.69 bits per heavy atom. The van der Waals surface area contributed by atoms with E-state index in [-0.39, 0.29) is 11.7 Å². The summed E-state index contributed by atoms with van der Waals surface area (Å²) >= 11 is 6.23. The van der Waals surface area contributed by atoms with Gasteiger partial charge in [0.15, 0.2) is 0 Å². The molecule has 4 nitrogen and oxygen atoms in total. The fourth-order valence-corrected chi connectivity index (χ4v) is 3.55. The Bertz CT molecular complexity index is 792. The van der Waals surface area contributed by atoms with Crippen LogP contribution in [0.3, 0.4) is 0 Å². The minimum absolute atomic E-state index is 0.0371. The molecule has 0 bridgehead atoms. The van der Waals surface area contributed by atoms with E-state index in [1.807, 2.05) is 19.9 Å². The Labute approximate surface area is 156 Å². The van der Waals surface area contributed by atoms with Gasteiger partial charge in [-0.1, -0.05) is 23.7 Å². The molecule has 1 N–H and O–H groups in total. The quantitative estimate of drug-likeness (QED) is 0.828. The van der Waals surface area contributed by atoms with Gasteiger partial charge >= 0.3 is 6.03 Å². The van der Waals surface area contributed by atoms with Crippen molar-refractivity contribution in [2.24, 2.45) is 0 Å². The maximum absolute atomic E-state index is 13.9. The molecule has 1 fully saturated rings. The third kappa shape index (κ3) is 3.75. The minimum atomic E-state index is -0.593. The number of nitrogens with one attached hydrogen (secondary N) is 1. The molecule has 1 heterocycles. The second-order valence-corrected chi connectivity index (χ2v) is 6.82. The molecule has 1 aliphatic heterocycles. The van der Waals surface area contributed by atoms with Crippen LogP contribution in [0, 0.1) is 25.5 Å². The molecule has 138 valence electrons. The van der Waals surface area contributed by atoms with Gasteiger partial charge in [-0.2, -0.15) is 0 Å². The van der Waals surface area contributed by atoms with E-state index in [1.165, 1.54) is 18.2 Å². The third-order valence-electron chi connectivity index (χ3n) is 4.48. The Kier molecular flexibility index (Phi) is 5.32. The lowest BCUT2D eigenvalue weighted by molar-refractivity contribution is 0.208. The number of hydrogen-bond acceptors (Lipinski definition) is 2. The summed E-state index contributed by atoms with van der Waals surface area (Å²) < 4.78 is 27.8. The summed E-state index contributed by atoms with van der Waals surface area (Å²) in [6.07, 6.45) is 0. The zero-order valence-corrected chi connectivity index (χ0v) is 15.4. The van der Waals surface area contributed by atoms with Crippen LogP contribution in [-0.4, -0.2) is 37.1 Å². The molecule has 26 heavy (non-hydrogen) atoms. The first-order valence-electron chi connectivity index (χ1n) is 8.38. The summed E-state index contributed by atoms with van der Waals surface area (Å²) in [6, 6.07) is 7.28. The van der Waals surface area contributed by atoms with Crippen molar-refractivity contribution in [2.45, 2.75) is 13.8 Å². The van der Waals surface area contributed by atoms with Crippen molar-refractivity contribution in [1.29, 1.82) is 0 Å². The topological polar surface area (TPSA) is 35.6 Å². The monoisotopic (exact) mass is 379 g/mol. The number of rotatable bonds is 2. The van der Waals surface area contributed by atoms with E-state index < -0.39 is 11.6 Å². The van der Waals surface area contributed by atoms with Crippen molar-refractivity contribution < 1.29 is 13.6 Å². The molecule has 2 aromatic carbocycles. The Morgan fingerprint density at radius 3 is 2.27 bits per heavy atom. The van der Waals surface area contributed by atoms with Gasteiger partial charge in [0.25, 0.3) is 0 Å². The Hall–Kier alpha value is -2.34. The molecule has 2 amide bonds. The van der Waals surface area contributed by atoms with Gasteiger partial charge in [-0.05, 0) is 43.2 Å². The van der Waals surface area contributed by atoms with E-state index in [0.29, 0.717) is 36.9 Å². The van der Waals surface area contributed by atoms with Crippen molar-refractivity contribution >= 4 is 29.0 Å². The lowest BCUT2D eigenvalue weighted by atomic mass is 10.1. The summed E-state index contributed by atoms with van der Waals surface area (Å²) in [5.41, 5.74) is 2.45. The van der Waals surface area contributed by atoms with E-state index >= 15 is 0 Å². The highest BCUT2D eigenvalue weighted by atomic mass is 35.5. The lowest BCUT2D eigenvalue weighted by Crippen LogP contribution is -2.50. The summed E-state index contributed by atoms with van der Waals surface area (Å²) in [7, 11) is 0. The maximum atomic E-state index is 13.9. The van der Waals surface area contributed by atoms with Crippen LogP contribution in [-0.2, 0) is 0 Å². The van der Waals surface area contributed by atoms with Gasteiger partial charge in [0.05, 0.1) is 10.7 Å². The van der Waals surface area contributed by atoms with Gasteiger partial charge in [-0.25, -0.2) is 13.6 Å². The molecule has 0 spiro atoms. The van der Waals surface area contributed by atoms with Gasteiger partial charge in [0.1, 0.15) is 17.3 Å². The van der Waals surface area contributed by atoms with E-state index in [1.54, 1.807) is 15.9 Å². The fourth-order valence-electron chi connectivity index (χ4n) is 3.18. The SMILES string of the molecule is Cc1cc(C)c(NC(=O)N2CCN(c3c(F)cccc3F)CC2)c(Cl)c1. The summed E-state index contributed by atoms with van der Waals surface area (Å²) in [5.74, 6) is -1.19. The highest BCUT2D eigenvalue weighted by Gasteiger charge is 2.25. The van der Waals surface area contributed by atoms with Crippen LogP contribution in [0.2, 0.25) is 5.02 Å². The largest absolute Gasteiger partial charge is 0.363 e. The maximum Gasteiger partial charge on any atom is 0.322 e. The van der Waals surface area contributed by atoms with Gasteiger partial charge in [-0.15, -0.1) is 0 Å². The second-order valence-electron chi connectivity index (χ2n) is 6.41. The molecule has 3 rings (SSSR count). The second kappa shape index (κ2) is 7.50. The molecule has 7 heteroatoms. The van der Waals surface area contributed by atoms with E-state index in [0.717, 1.165) is 11.1 Å². The number of hydrogen-bond donors (Lipinski definition) is 1. The molecule has 1 aliphatic rings. The predicted molar refractivity (Wildman–Crippen MR) is 100 cm³/mol. The molecule has 0 atom stereocenters. The molecular formula is C19H20ClF2N3O. The summed E-state index contributed by atoms with van der Waals surface area (Å²) in [6.45, 7) is 5.25. The number of halogens is 3. The van der Waals surface area contributed by atoms with Gasteiger partial charge in [-0.3, -0.25) is 0 Å². The number of para-hydroxylation sites is 1. The number of aryl methyl sites for hydroxylation is 2. The highest BCUT2D eigenvalue weighted by molar-refractivity contribution is 6.34. The third-order valence-corrected chi connectivity index (χ3v) is 4.78. The molecule has 1 saturated heterocycles. The number of urea groups is 1. The number of piperazine rings is 1. The standard InChI is InChI=1S/C19H20ClF2N3O/c1-12-10-13(2)17(14(20)11-12)23-19(26)25-8-6-24(7-9-25)18-15(21)4-3-5-16(18)22/h3-5,10-11H,6-9H2,1-2H3,(H,23,26). The van der Waals surface area contributed by atoms with Crippen LogP contribution in [0.5, 0.6) is 0 Å². The van der Waals surface area contributed by atoms with Crippen LogP contribution < -0.4 is 10.2 Å². The average Bonchev–Trinajstić information content (AvgIpc) is 2.58. The van der Waals surface area contributed by atoms with Crippen molar-refractivity contribution in [3.63, 3.8) is 0 Å². The molecular weight excluding hydrogens is 360 g/mol. The van der Waals surface area contributed by atoms with Crippen molar-refractivity contribution in [2.75, 3.05) is 36.4 Å². The molecule has 0 aliphatic carbocycles. The van der Waals surface area contributed by atoms with E-state index in [4.69, 9.17) is 11.6 Å². The highest BCUT2D eigenvalue weighted by Crippen LogP contribution is 2.28. The van der Waals surface area contributed by atoms with E-state index in [2.05, 4.69) is 5.32 Å². The van der Waals surface area contributed by atoms with Crippen LogP contribution in [0.15, 0.2) is 30.3 Å². The van der Waals surface area contributed by atoms with Gasteiger partial charge in [0.2, 0.25) is 0 Å². The zero-order valence-electron chi connectivity index (χ0n) is 14.7. The Balaban J connectivity index is 1.66. The van der Waals surface area contributed by atoms with Crippen LogP contribution in [0.4, 0.5) is 25.0 Å². The van der Waals surface area contributed by atoms with Crippen LogP contribution in [0.25, 0.3) is 0 Å². The Morgan fingerprint density at radius 1 is 1.08 bits per heavy atom. The molecule has 0 unspecified atom stereocenters. The first-order chi connectivity index (χ1) is 12.4. The number of carbonyl (C=O) groups excluding carboxylic acids is 1. The number of anilines is 2. The summed E-state index contributed by atoms with van der Waals surface area (Å²) in [5, 5.41) is 3.33. The van der Waals surface area contributed by atoms with Crippen molar-refractivity contribution in [3.8, 4) is 0 Å². The van der Waals surface area contributed by atoms with Gasteiger partial charge in [0, 0.05) is 26.2 Å². The fraction of sp³-hybridized carbons (Fsp3) is 0.316. The number of amides is 2. The first kappa shape index (κ1) is 18.5. The smallest absolute Gasteiger partial charge is 0.322 e. The summed E-state index contributed by atoms with van der Waals surface area (Å²) in [4.78, 5) is 15.8. The van der Waals surface area contributed by atoms with Gasteiger partial charge < -0.3 is 15.1 Å². The van der Waals surface area contributed by atoms with Crippen molar-refractivity contribution in [1.82, 2.24) is 4.90 Å².